The van der Waals surface area contributed by atoms with Crippen LogP contribution in [0.5, 0.6) is 0 Å². The van der Waals surface area contributed by atoms with E-state index >= 15 is 0 Å². The molecule has 90 valence electrons. The van der Waals surface area contributed by atoms with E-state index in [0.29, 0.717) is 13.2 Å². The predicted molar refractivity (Wildman–Crippen MR) is 64.3 cm³/mol. The molecule has 0 saturated carbocycles. The topological polar surface area (TPSA) is 61.0 Å². The lowest BCUT2D eigenvalue weighted by molar-refractivity contribution is 0.177. The molecule has 4 heteroatoms. The van der Waals surface area contributed by atoms with Gasteiger partial charge in [-0.2, -0.15) is 0 Å². The lowest BCUT2D eigenvalue weighted by atomic mass is 10.0. The van der Waals surface area contributed by atoms with E-state index in [1.54, 1.807) is 7.11 Å². The molecule has 0 saturated heterocycles. The molecule has 1 heterocycles. The zero-order chi connectivity index (χ0) is 12.0. The molecule has 1 aromatic heterocycles. The van der Waals surface area contributed by atoms with Gasteiger partial charge in [-0.3, -0.25) is 0 Å². The molecule has 2 N–H and O–H groups in total. The normalized spacial score (nSPS) is 10.8. The van der Waals surface area contributed by atoms with E-state index < -0.39 is 0 Å². The van der Waals surface area contributed by atoms with Crippen LogP contribution in [0, 0.1) is 0 Å². The highest BCUT2D eigenvalue weighted by atomic mass is 16.5. The van der Waals surface area contributed by atoms with Gasteiger partial charge in [0.2, 0.25) is 0 Å². The molecular formula is C12H21N3O. The van der Waals surface area contributed by atoms with Gasteiger partial charge >= 0.3 is 0 Å². The maximum Gasteiger partial charge on any atom is 0.154 e. The highest BCUT2D eigenvalue weighted by Crippen LogP contribution is 2.14. The molecule has 0 fully saturated rings. The Labute approximate surface area is 97.2 Å². The number of hydrogen-bond acceptors (Lipinski definition) is 4. The first kappa shape index (κ1) is 13.1. The summed E-state index contributed by atoms with van der Waals surface area (Å²) in [5, 5.41) is 0. The summed E-state index contributed by atoms with van der Waals surface area (Å²) in [6, 6.07) is 0. The minimum atomic E-state index is 0.475. The second-order valence-corrected chi connectivity index (χ2v) is 3.69. The number of hydrogen-bond donors (Lipinski definition) is 1. The van der Waals surface area contributed by atoms with Gasteiger partial charge in [0.1, 0.15) is 6.61 Å². The minimum absolute atomic E-state index is 0.475. The van der Waals surface area contributed by atoms with Crippen molar-refractivity contribution in [2.75, 3.05) is 13.7 Å². The molecular weight excluding hydrogens is 202 g/mol. The number of rotatable bonds is 6. The van der Waals surface area contributed by atoms with Gasteiger partial charge in [0.25, 0.3) is 0 Å². The summed E-state index contributed by atoms with van der Waals surface area (Å²) >= 11 is 0. The van der Waals surface area contributed by atoms with E-state index in [0.717, 1.165) is 36.5 Å². The van der Waals surface area contributed by atoms with Crippen LogP contribution in [0.3, 0.4) is 0 Å². The van der Waals surface area contributed by atoms with Crippen molar-refractivity contribution in [1.82, 2.24) is 9.97 Å². The summed E-state index contributed by atoms with van der Waals surface area (Å²) in [6.07, 6.45) is 2.70. The van der Waals surface area contributed by atoms with Gasteiger partial charge in [-0.25, -0.2) is 9.97 Å². The van der Waals surface area contributed by atoms with Crippen molar-refractivity contribution in [3.8, 4) is 0 Å². The number of aromatic nitrogens is 2. The average molecular weight is 223 g/mol. The average Bonchev–Trinajstić information content (AvgIpc) is 2.31. The Morgan fingerprint density at radius 2 is 1.69 bits per heavy atom. The Morgan fingerprint density at radius 3 is 2.06 bits per heavy atom. The molecule has 0 aliphatic heterocycles. The molecule has 0 atom stereocenters. The summed E-state index contributed by atoms with van der Waals surface area (Å²) in [5.74, 6) is 0.775. The quantitative estimate of drug-likeness (QED) is 0.788. The van der Waals surface area contributed by atoms with Crippen LogP contribution in [0.4, 0.5) is 0 Å². The van der Waals surface area contributed by atoms with Gasteiger partial charge in [0.15, 0.2) is 5.82 Å². The van der Waals surface area contributed by atoms with Gasteiger partial charge in [-0.15, -0.1) is 0 Å². The largest absolute Gasteiger partial charge is 0.377 e. The molecule has 0 aliphatic rings. The van der Waals surface area contributed by atoms with Gasteiger partial charge in [0.05, 0.1) is 0 Å². The van der Waals surface area contributed by atoms with Crippen LogP contribution in [-0.2, 0) is 30.6 Å². The van der Waals surface area contributed by atoms with Crippen LogP contribution in [0.2, 0.25) is 0 Å². The molecule has 0 bridgehead atoms. The van der Waals surface area contributed by atoms with E-state index in [2.05, 4.69) is 23.8 Å². The molecule has 1 rings (SSSR count). The van der Waals surface area contributed by atoms with E-state index in [1.165, 1.54) is 5.56 Å². The third-order valence-electron chi connectivity index (χ3n) is 2.56. The Bertz CT molecular complexity index is 314. The molecule has 0 spiro atoms. The van der Waals surface area contributed by atoms with Crippen LogP contribution in [0.15, 0.2) is 0 Å². The highest BCUT2D eigenvalue weighted by molar-refractivity contribution is 5.26. The third-order valence-corrected chi connectivity index (χ3v) is 2.56. The fourth-order valence-electron chi connectivity index (χ4n) is 1.85. The van der Waals surface area contributed by atoms with Crippen LogP contribution >= 0.6 is 0 Å². The third kappa shape index (κ3) is 3.00. The Hall–Kier alpha value is -1.00. The summed E-state index contributed by atoms with van der Waals surface area (Å²) in [4.78, 5) is 9.03. The Balaban J connectivity index is 3.14. The summed E-state index contributed by atoms with van der Waals surface area (Å²) in [6.45, 7) is 5.34. The van der Waals surface area contributed by atoms with Crippen molar-refractivity contribution in [2.45, 2.75) is 39.7 Å². The van der Waals surface area contributed by atoms with Gasteiger partial charge in [-0.1, -0.05) is 13.8 Å². The van der Waals surface area contributed by atoms with E-state index in [4.69, 9.17) is 10.5 Å². The van der Waals surface area contributed by atoms with Crippen LogP contribution in [-0.4, -0.2) is 23.6 Å². The van der Waals surface area contributed by atoms with Crippen LogP contribution in [0.25, 0.3) is 0 Å². The van der Waals surface area contributed by atoms with E-state index in [9.17, 15) is 0 Å². The fourth-order valence-corrected chi connectivity index (χ4v) is 1.85. The van der Waals surface area contributed by atoms with Crippen molar-refractivity contribution in [3.63, 3.8) is 0 Å². The van der Waals surface area contributed by atoms with Crippen LogP contribution in [0.1, 0.15) is 36.6 Å². The molecule has 4 nitrogen and oxygen atoms in total. The van der Waals surface area contributed by atoms with Crippen molar-refractivity contribution in [3.05, 3.63) is 22.8 Å². The van der Waals surface area contributed by atoms with Crippen molar-refractivity contribution in [2.24, 2.45) is 5.73 Å². The predicted octanol–water partition coefficient (Wildman–Crippen LogP) is 1.25. The zero-order valence-corrected chi connectivity index (χ0v) is 10.4. The van der Waals surface area contributed by atoms with E-state index in [-0.39, 0.29) is 0 Å². The molecule has 1 aromatic rings. The number of ether oxygens (including phenoxy) is 1. The molecule has 16 heavy (non-hydrogen) atoms. The molecule has 0 radical (unpaired) electrons. The van der Waals surface area contributed by atoms with Gasteiger partial charge in [-0.05, 0) is 31.4 Å². The first-order valence-electron chi connectivity index (χ1n) is 5.83. The Morgan fingerprint density at radius 1 is 1.12 bits per heavy atom. The first-order chi connectivity index (χ1) is 7.76. The second-order valence-electron chi connectivity index (χ2n) is 3.69. The van der Waals surface area contributed by atoms with Crippen molar-refractivity contribution >= 4 is 0 Å². The second kappa shape index (κ2) is 6.55. The van der Waals surface area contributed by atoms with Crippen molar-refractivity contribution in [1.29, 1.82) is 0 Å². The lowest BCUT2D eigenvalue weighted by Gasteiger charge is -2.12. The fraction of sp³-hybridized carbons (Fsp3) is 0.667. The number of methoxy groups -OCH3 is 1. The maximum absolute atomic E-state index is 5.62. The SMILES string of the molecule is CCc1nc(COC)nc(CC)c1CCN. The molecule has 0 unspecified atom stereocenters. The highest BCUT2D eigenvalue weighted by Gasteiger charge is 2.11. The molecule has 0 aliphatic carbocycles. The minimum Gasteiger partial charge on any atom is -0.377 e. The molecule has 0 amide bonds. The smallest absolute Gasteiger partial charge is 0.154 e. The standard InChI is InChI=1S/C12H21N3O/c1-4-10-9(6-7-13)11(5-2)15-12(14-10)8-16-3/h4-8,13H2,1-3H3. The van der Waals surface area contributed by atoms with E-state index in [1.807, 2.05) is 0 Å². The van der Waals surface area contributed by atoms with Gasteiger partial charge in [0, 0.05) is 18.5 Å². The summed E-state index contributed by atoms with van der Waals surface area (Å²) in [5.41, 5.74) is 9.08. The zero-order valence-electron chi connectivity index (χ0n) is 10.4. The summed E-state index contributed by atoms with van der Waals surface area (Å²) < 4.78 is 5.08. The maximum atomic E-state index is 5.62. The molecule has 0 aromatic carbocycles. The Kier molecular flexibility index (Phi) is 5.35. The summed E-state index contributed by atoms with van der Waals surface area (Å²) in [7, 11) is 1.66. The number of nitrogens with two attached hydrogens (primary N) is 1. The van der Waals surface area contributed by atoms with Crippen molar-refractivity contribution < 1.29 is 4.74 Å². The number of aryl methyl sites for hydroxylation is 2. The lowest BCUT2D eigenvalue weighted by Crippen LogP contribution is -2.13. The monoisotopic (exact) mass is 223 g/mol. The number of nitrogens with zero attached hydrogens (tertiary/aromatic N) is 2. The van der Waals surface area contributed by atoms with Gasteiger partial charge < -0.3 is 10.5 Å². The van der Waals surface area contributed by atoms with Crippen LogP contribution < -0.4 is 5.73 Å². The first-order valence-corrected chi connectivity index (χ1v) is 5.83.